The fraction of sp³-hybridized carbons (Fsp3) is 0.429. The van der Waals surface area contributed by atoms with Gasteiger partial charge in [0.05, 0.1) is 0 Å². The highest BCUT2D eigenvalue weighted by Gasteiger charge is 2.15. The van der Waals surface area contributed by atoms with Crippen LogP contribution in [0.5, 0.6) is 0 Å². The van der Waals surface area contributed by atoms with E-state index in [2.05, 4.69) is 27.7 Å². The largest absolute Gasteiger partial charge is 0.379 e. The van der Waals surface area contributed by atoms with Crippen LogP contribution in [-0.4, -0.2) is 10.3 Å². The molecule has 0 radical (unpaired) electrons. The average Bonchev–Trinajstić information content (AvgIpc) is 2.37. The molecular formula is C14H22N4S2. The first-order chi connectivity index (χ1) is 9.25. The lowest BCUT2D eigenvalue weighted by Crippen LogP contribution is -2.10. The van der Waals surface area contributed by atoms with Crippen molar-refractivity contribution < 1.29 is 0 Å². The number of thioether (sulfide) groups is 2. The fourth-order valence-corrected chi connectivity index (χ4v) is 3.54. The Morgan fingerprint density at radius 1 is 0.750 bits per heavy atom. The molecule has 0 aliphatic heterocycles. The van der Waals surface area contributed by atoms with E-state index in [0.29, 0.717) is 11.5 Å². The van der Waals surface area contributed by atoms with E-state index in [1.807, 2.05) is 0 Å². The van der Waals surface area contributed by atoms with E-state index in [4.69, 9.17) is 22.3 Å². The van der Waals surface area contributed by atoms with Gasteiger partial charge in [0.25, 0.3) is 0 Å². The van der Waals surface area contributed by atoms with Crippen molar-refractivity contribution in [1.29, 1.82) is 10.8 Å². The Morgan fingerprint density at radius 2 is 1.05 bits per heavy atom. The number of nitrogens with two attached hydrogens (primary N) is 2. The van der Waals surface area contributed by atoms with Crippen molar-refractivity contribution in [1.82, 2.24) is 0 Å². The Hall–Kier alpha value is -1.14. The van der Waals surface area contributed by atoms with Gasteiger partial charge in [0.2, 0.25) is 0 Å². The molecule has 0 aromatic heterocycles. The van der Waals surface area contributed by atoms with Gasteiger partial charge in [0.1, 0.15) is 0 Å². The second-order valence-corrected chi connectivity index (χ2v) is 6.80. The molecule has 0 saturated carbocycles. The Labute approximate surface area is 129 Å². The smallest absolute Gasteiger partial charge is 0.151 e. The van der Waals surface area contributed by atoms with Crippen LogP contribution in [-0.2, 0) is 11.5 Å². The maximum Gasteiger partial charge on any atom is 0.151 e. The SMILES string of the molecule is Cc1c(C)c(C)c(CSC(=N)N)c(CSC(=N)N)c1C. The van der Waals surface area contributed by atoms with Gasteiger partial charge in [0, 0.05) is 11.5 Å². The molecule has 1 rings (SSSR count). The van der Waals surface area contributed by atoms with Crippen LogP contribution in [0.15, 0.2) is 0 Å². The summed E-state index contributed by atoms with van der Waals surface area (Å²) in [6.07, 6.45) is 0. The standard InChI is InChI=1S/C14H22N4S2/c1-7-8(2)10(4)12(6-20-14(17)18)11(9(7)3)5-19-13(15)16/h5-6H2,1-4H3,(H3,15,16)(H3,17,18). The first-order valence-corrected chi connectivity index (χ1v) is 8.24. The average molecular weight is 310 g/mol. The van der Waals surface area contributed by atoms with Crippen LogP contribution in [0.1, 0.15) is 33.4 Å². The summed E-state index contributed by atoms with van der Waals surface area (Å²) in [4.78, 5) is 0. The van der Waals surface area contributed by atoms with Gasteiger partial charge in [-0.15, -0.1) is 0 Å². The summed E-state index contributed by atoms with van der Waals surface area (Å²) in [5, 5.41) is 15.0. The van der Waals surface area contributed by atoms with Crippen LogP contribution >= 0.6 is 23.5 Å². The second-order valence-electron chi connectivity index (χ2n) is 4.76. The summed E-state index contributed by atoms with van der Waals surface area (Å²) < 4.78 is 0. The van der Waals surface area contributed by atoms with E-state index in [-0.39, 0.29) is 10.3 Å². The lowest BCUT2D eigenvalue weighted by molar-refractivity contribution is 1.11. The van der Waals surface area contributed by atoms with Gasteiger partial charge >= 0.3 is 0 Å². The molecule has 0 aliphatic carbocycles. The van der Waals surface area contributed by atoms with Crippen LogP contribution in [0.2, 0.25) is 0 Å². The Kier molecular flexibility index (Phi) is 5.95. The van der Waals surface area contributed by atoms with Crippen molar-refractivity contribution >= 4 is 33.9 Å². The quantitative estimate of drug-likeness (QED) is 0.507. The van der Waals surface area contributed by atoms with Gasteiger partial charge < -0.3 is 11.5 Å². The molecule has 0 unspecified atom stereocenters. The van der Waals surface area contributed by atoms with Crippen molar-refractivity contribution in [2.45, 2.75) is 39.2 Å². The normalized spacial score (nSPS) is 10.6. The molecule has 0 bridgehead atoms. The van der Waals surface area contributed by atoms with Gasteiger partial charge in [-0.25, -0.2) is 0 Å². The predicted octanol–water partition coefficient (Wildman–Crippen LogP) is 3.17. The van der Waals surface area contributed by atoms with E-state index >= 15 is 0 Å². The van der Waals surface area contributed by atoms with Crippen LogP contribution < -0.4 is 11.5 Å². The van der Waals surface area contributed by atoms with Gasteiger partial charge in [0.15, 0.2) is 10.3 Å². The zero-order valence-electron chi connectivity index (χ0n) is 12.4. The highest BCUT2D eigenvalue weighted by Crippen LogP contribution is 2.31. The highest BCUT2D eigenvalue weighted by atomic mass is 32.2. The maximum atomic E-state index is 7.39. The molecule has 110 valence electrons. The zero-order chi connectivity index (χ0) is 15.4. The third kappa shape index (κ3) is 3.93. The molecule has 0 heterocycles. The summed E-state index contributed by atoms with van der Waals surface area (Å²) in [6.45, 7) is 8.47. The fourth-order valence-electron chi connectivity index (χ4n) is 2.16. The molecule has 0 saturated heterocycles. The first kappa shape index (κ1) is 16.9. The number of amidine groups is 2. The van der Waals surface area contributed by atoms with Crippen LogP contribution in [0, 0.1) is 38.5 Å². The van der Waals surface area contributed by atoms with E-state index < -0.39 is 0 Å². The Bertz CT molecular complexity index is 504. The van der Waals surface area contributed by atoms with Gasteiger partial charge in [-0.3, -0.25) is 10.8 Å². The molecule has 0 spiro atoms. The third-order valence-corrected chi connectivity index (χ3v) is 5.19. The van der Waals surface area contributed by atoms with Gasteiger partial charge in [-0.1, -0.05) is 23.5 Å². The van der Waals surface area contributed by atoms with Crippen LogP contribution in [0.3, 0.4) is 0 Å². The summed E-state index contributed by atoms with van der Waals surface area (Å²) in [6, 6.07) is 0. The van der Waals surface area contributed by atoms with Crippen molar-refractivity contribution in [2.24, 2.45) is 11.5 Å². The molecule has 0 fully saturated rings. The van der Waals surface area contributed by atoms with Gasteiger partial charge in [-0.2, -0.15) is 0 Å². The minimum Gasteiger partial charge on any atom is -0.379 e. The zero-order valence-corrected chi connectivity index (χ0v) is 14.0. The monoisotopic (exact) mass is 310 g/mol. The minimum absolute atomic E-state index is 0.130. The molecule has 1 aromatic carbocycles. The molecule has 20 heavy (non-hydrogen) atoms. The number of benzene rings is 1. The number of rotatable bonds is 4. The minimum atomic E-state index is 0.130. The van der Waals surface area contributed by atoms with E-state index in [0.717, 1.165) is 0 Å². The summed E-state index contributed by atoms with van der Waals surface area (Å²) in [5.41, 5.74) is 18.4. The third-order valence-electron chi connectivity index (χ3n) is 3.70. The molecule has 4 nitrogen and oxygen atoms in total. The Balaban J connectivity index is 3.28. The number of nitrogens with one attached hydrogen (secondary N) is 2. The van der Waals surface area contributed by atoms with Crippen LogP contribution in [0.25, 0.3) is 0 Å². The Morgan fingerprint density at radius 3 is 1.30 bits per heavy atom. The van der Waals surface area contributed by atoms with E-state index in [1.54, 1.807) is 0 Å². The number of hydrogen-bond donors (Lipinski definition) is 4. The van der Waals surface area contributed by atoms with Crippen LogP contribution in [0.4, 0.5) is 0 Å². The van der Waals surface area contributed by atoms with E-state index in [9.17, 15) is 0 Å². The first-order valence-electron chi connectivity index (χ1n) is 6.27. The molecule has 0 aliphatic rings. The molecule has 1 aromatic rings. The highest BCUT2D eigenvalue weighted by molar-refractivity contribution is 8.13. The van der Waals surface area contributed by atoms with Crippen molar-refractivity contribution in [2.75, 3.05) is 0 Å². The molecule has 0 amide bonds. The van der Waals surface area contributed by atoms with Crippen molar-refractivity contribution in [3.05, 3.63) is 33.4 Å². The molecule has 6 heteroatoms. The lowest BCUT2D eigenvalue weighted by atomic mass is 9.90. The summed E-state index contributed by atoms with van der Waals surface area (Å²) in [5.74, 6) is 1.38. The van der Waals surface area contributed by atoms with Crippen molar-refractivity contribution in [3.63, 3.8) is 0 Å². The molecular weight excluding hydrogens is 288 g/mol. The predicted molar refractivity (Wildman–Crippen MR) is 91.8 cm³/mol. The van der Waals surface area contributed by atoms with E-state index in [1.165, 1.54) is 56.9 Å². The van der Waals surface area contributed by atoms with Crippen molar-refractivity contribution in [3.8, 4) is 0 Å². The number of hydrogen-bond acceptors (Lipinski definition) is 4. The maximum absolute atomic E-state index is 7.39. The topological polar surface area (TPSA) is 99.7 Å². The molecule has 6 N–H and O–H groups in total. The summed E-state index contributed by atoms with van der Waals surface area (Å²) in [7, 11) is 0. The van der Waals surface area contributed by atoms with Gasteiger partial charge in [-0.05, 0) is 61.1 Å². The summed E-state index contributed by atoms with van der Waals surface area (Å²) >= 11 is 2.67. The second kappa shape index (κ2) is 7.04. The molecule has 0 atom stereocenters. The lowest BCUT2D eigenvalue weighted by Gasteiger charge is -2.20.